The molecule has 3 rings (SSSR count). The number of nitrogens with zero attached hydrogens (tertiary/aromatic N) is 3. The number of ether oxygens (including phenoxy) is 1. The van der Waals surface area contributed by atoms with E-state index in [1.54, 1.807) is 4.90 Å². The zero-order valence-corrected chi connectivity index (χ0v) is 23.7. The average molecular weight is 578 g/mol. The molecule has 216 valence electrons. The van der Waals surface area contributed by atoms with Crippen molar-refractivity contribution in [2.75, 3.05) is 33.4 Å². The summed E-state index contributed by atoms with van der Waals surface area (Å²) < 4.78 is 46.2. The van der Waals surface area contributed by atoms with Gasteiger partial charge in [0.2, 0.25) is 5.91 Å². The Hall–Kier alpha value is -3.30. The third kappa shape index (κ3) is 8.86. The molecule has 0 aliphatic heterocycles. The van der Waals surface area contributed by atoms with Gasteiger partial charge in [-0.15, -0.1) is 0 Å². The summed E-state index contributed by atoms with van der Waals surface area (Å²) in [6, 6.07) is 15.5. The molecular weight excluding hydrogens is 543 g/mol. The van der Waals surface area contributed by atoms with Crippen molar-refractivity contribution in [3.8, 4) is 0 Å². The molecule has 2 aromatic carbocycles. The average Bonchev–Trinajstić information content (AvgIpc) is 3.34. The number of amides is 2. The van der Waals surface area contributed by atoms with Crippen molar-refractivity contribution in [3.05, 3.63) is 94.3 Å². The summed E-state index contributed by atoms with van der Waals surface area (Å²) in [7, 11) is 1.54. The lowest BCUT2D eigenvalue weighted by Crippen LogP contribution is -2.44. The third-order valence-corrected chi connectivity index (χ3v) is 6.73. The number of alkyl halides is 3. The summed E-state index contributed by atoms with van der Waals surface area (Å²) in [5.74, 6) is -0.592. The van der Waals surface area contributed by atoms with Crippen LogP contribution in [0.4, 0.5) is 13.2 Å². The van der Waals surface area contributed by atoms with Gasteiger partial charge in [0.25, 0.3) is 5.91 Å². The van der Waals surface area contributed by atoms with Crippen molar-refractivity contribution in [2.24, 2.45) is 5.92 Å². The van der Waals surface area contributed by atoms with E-state index in [1.165, 1.54) is 12.0 Å². The maximum Gasteiger partial charge on any atom is 0.416 e. The summed E-state index contributed by atoms with van der Waals surface area (Å²) >= 11 is 6.36. The van der Waals surface area contributed by atoms with Gasteiger partial charge in [-0.05, 0) is 60.4 Å². The van der Waals surface area contributed by atoms with Crippen molar-refractivity contribution in [1.82, 2.24) is 14.4 Å². The largest absolute Gasteiger partial charge is 0.416 e. The molecule has 0 spiro atoms. The smallest absolute Gasteiger partial charge is 0.385 e. The second kappa shape index (κ2) is 14.4. The molecule has 1 heterocycles. The second-order valence-electron chi connectivity index (χ2n) is 10.0. The molecule has 0 bridgehead atoms. The predicted octanol–water partition coefficient (Wildman–Crippen LogP) is 6.37. The van der Waals surface area contributed by atoms with Gasteiger partial charge in [0.1, 0.15) is 6.54 Å². The van der Waals surface area contributed by atoms with Crippen molar-refractivity contribution < 1.29 is 27.5 Å². The molecule has 0 fully saturated rings. The fraction of sp³-hybridized carbons (Fsp3) is 0.400. The summed E-state index contributed by atoms with van der Waals surface area (Å²) in [4.78, 5) is 30.0. The first kappa shape index (κ1) is 31.2. The Bertz CT molecular complexity index is 1260. The van der Waals surface area contributed by atoms with Gasteiger partial charge in [-0.2, -0.15) is 13.2 Å². The van der Waals surface area contributed by atoms with Gasteiger partial charge in [0.05, 0.1) is 12.1 Å². The van der Waals surface area contributed by atoms with E-state index in [4.69, 9.17) is 16.3 Å². The van der Waals surface area contributed by atoms with E-state index >= 15 is 0 Å². The zero-order valence-electron chi connectivity index (χ0n) is 23.0. The molecule has 40 heavy (non-hydrogen) atoms. The second-order valence-corrected chi connectivity index (χ2v) is 10.4. The minimum absolute atomic E-state index is 0.0854. The molecular formula is C30H35ClF3N3O3. The van der Waals surface area contributed by atoms with Crippen LogP contribution in [0.15, 0.2) is 66.9 Å². The van der Waals surface area contributed by atoms with Crippen LogP contribution in [-0.2, 0) is 28.8 Å². The SMILES string of the molecule is COCCCN(CC(=O)N(Cc1cccn1Cc1ccccc1Cl)CC(C)C)C(=O)c1ccc(C(F)(F)F)cc1. The molecule has 1 aromatic heterocycles. The number of carbonyl (C=O) groups is 2. The highest BCUT2D eigenvalue weighted by Gasteiger charge is 2.31. The lowest BCUT2D eigenvalue weighted by atomic mass is 10.1. The summed E-state index contributed by atoms with van der Waals surface area (Å²) in [6.45, 7) is 5.74. The molecule has 2 amide bonds. The Balaban J connectivity index is 1.79. The van der Waals surface area contributed by atoms with E-state index < -0.39 is 17.6 Å². The summed E-state index contributed by atoms with van der Waals surface area (Å²) in [6.07, 6.45) is -2.10. The van der Waals surface area contributed by atoms with E-state index in [-0.39, 0.29) is 30.5 Å². The number of aromatic nitrogens is 1. The molecule has 0 aliphatic carbocycles. The molecule has 0 unspecified atom stereocenters. The van der Waals surface area contributed by atoms with E-state index in [9.17, 15) is 22.8 Å². The van der Waals surface area contributed by atoms with Crippen LogP contribution in [0, 0.1) is 5.92 Å². The number of hydrogen-bond donors (Lipinski definition) is 0. The molecule has 10 heteroatoms. The quantitative estimate of drug-likeness (QED) is 0.222. The molecule has 0 saturated heterocycles. The molecule has 3 aromatic rings. The highest BCUT2D eigenvalue weighted by Crippen LogP contribution is 2.29. The number of hydrogen-bond acceptors (Lipinski definition) is 3. The standard InChI is InChI=1S/C30H35ClF3N3O3/c1-22(2)18-37(20-26-9-6-15-35(26)19-24-8-4-5-10-27(24)31)28(38)21-36(16-7-17-40-3)29(39)23-11-13-25(14-12-23)30(32,33)34/h4-6,8-15,22H,7,16-21H2,1-3H3. The van der Waals surface area contributed by atoms with Gasteiger partial charge in [0.15, 0.2) is 0 Å². The number of methoxy groups -OCH3 is 1. The zero-order chi connectivity index (χ0) is 29.3. The minimum Gasteiger partial charge on any atom is -0.385 e. The Labute approximate surface area is 238 Å². The maximum atomic E-state index is 13.6. The minimum atomic E-state index is -4.50. The van der Waals surface area contributed by atoms with Gasteiger partial charge >= 0.3 is 6.18 Å². The van der Waals surface area contributed by atoms with Crippen LogP contribution in [0.2, 0.25) is 5.02 Å². The van der Waals surface area contributed by atoms with Crippen molar-refractivity contribution >= 4 is 23.4 Å². The van der Waals surface area contributed by atoms with Crippen LogP contribution in [0.3, 0.4) is 0 Å². The van der Waals surface area contributed by atoms with Crippen molar-refractivity contribution in [1.29, 1.82) is 0 Å². The number of halogens is 4. The summed E-state index contributed by atoms with van der Waals surface area (Å²) in [5, 5.41) is 0.658. The topological polar surface area (TPSA) is 54.8 Å². The van der Waals surface area contributed by atoms with Crippen molar-refractivity contribution in [2.45, 2.75) is 39.5 Å². The summed E-state index contributed by atoms with van der Waals surface area (Å²) in [5.41, 5.74) is 1.11. The number of rotatable bonds is 13. The number of carbonyl (C=O) groups excluding carboxylic acids is 2. The first-order chi connectivity index (χ1) is 19.0. The van der Waals surface area contributed by atoms with Gasteiger partial charge in [-0.1, -0.05) is 43.6 Å². The Kier molecular flexibility index (Phi) is 11.2. The lowest BCUT2D eigenvalue weighted by molar-refractivity contribution is -0.137. The highest BCUT2D eigenvalue weighted by atomic mass is 35.5. The van der Waals surface area contributed by atoms with Crippen LogP contribution in [0.5, 0.6) is 0 Å². The van der Waals surface area contributed by atoms with Gasteiger partial charge in [0, 0.05) is 55.8 Å². The third-order valence-electron chi connectivity index (χ3n) is 6.36. The van der Waals surface area contributed by atoms with Crippen LogP contribution in [0.1, 0.15) is 47.4 Å². The van der Waals surface area contributed by atoms with Gasteiger partial charge in [-0.25, -0.2) is 0 Å². The maximum absolute atomic E-state index is 13.6. The lowest BCUT2D eigenvalue weighted by Gasteiger charge is -2.29. The molecule has 0 radical (unpaired) electrons. The van der Waals surface area contributed by atoms with Crippen LogP contribution in [0.25, 0.3) is 0 Å². The molecule has 0 N–H and O–H groups in total. The van der Waals surface area contributed by atoms with E-state index in [0.717, 1.165) is 35.5 Å². The predicted molar refractivity (Wildman–Crippen MR) is 149 cm³/mol. The molecule has 6 nitrogen and oxygen atoms in total. The van der Waals surface area contributed by atoms with Gasteiger partial charge in [-0.3, -0.25) is 9.59 Å². The fourth-order valence-electron chi connectivity index (χ4n) is 4.35. The van der Waals surface area contributed by atoms with Crippen LogP contribution in [-0.4, -0.2) is 59.5 Å². The van der Waals surface area contributed by atoms with E-state index in [0.29, 0.717) is 37.7 Å². The van der Waals surface area contributed by atoms with E-state index in [1.807, 2.05) is 61.0 Å². The Morgan fingerprint density at radius 2 is 1.70 bits per heavy atom. The van der Waals surface area contributed by atoms with Gasteiger partial charge < -0.3 is 19.1 Å². The molecule has 0 atom stereocenters. The molecule has 0 aliphatic rings. The number of benzene rings is 2. The van der Waals surface area contributed by atoms with Crippen LogP contribution >= 0.6 is 11.6 Å². The van der Waals surface area contributed by atoms with Crippen LogP contribution < -0.4 is 0 Å². The Morgan fingerprint density at radius 3 is 2.33 bits per heavy atom. The fourth-order valence-corrected chi connectivity index (χ4v) is 4.54. The first-order valence-electron chi connectivity index (χ1n) is 13.1. The highest BCUT2D eigenvalue weighted by molar-refractivity contribution is 6.31. The van der Waals surface area contributed by atoms with E-state index in [2.05, 4.69) is 0 Å². The Morgan fingerprint density at radius 1 is 1.00 bits per heavy atom. The monoisotopic (exact) mass is 577 g/mol. The first-order valence-corrected chi connectivity index (χ1v) is 13.5. The van der Waals surface area contributed by atoms with Crippen molar-refractivity contribution in [3.63, 3.8) is 0 Å². The molecule has 0 saturated carbocycles. The normalized spacial score (nSPS) is 11.6.